The molecular formula is C29H39NO4SSi. The van der Waals surface area contributed by atoms with Crippen LogP contribution in [0, 0.1) is 6.92 Å². The Morgan fingerprint density at radius 3 is 1.69 bits per heavy atom. The predicted octanol–water partition coefficient (Wildman–Crippen LogP) is 5.99. The van der Waals surface area contributed by atoms with Gasteiger partial charge < -0.3 is 9.53 Å². The lowest BCUT2D eigenvalue weighted by molar-refractivity contribution is -0.00269. The van der Waals surface area contributed by atoms with Gasteiger partial charge in [-0.3, -0.25) is 0 Å². The highest BCUT2D eigenvalue weighted by molar-refractivity contribution is 7.89. The monoisotopic (exact) mass is 525 g/mol. The van der Waals surface area contributed by atoms with Crippen molar-refractivity contribution in [2.24, 2.45) is 0 Å². The standard InChI is InChI=1S/C29H39NO4SSi/c1-22-18-20-26(21-19-22)35(32,33)30-27(23(2)34-36(6,7)28(3,4)5)29(31,24-14-10-8-11-15-24)25-16-12-9-13-17-25/h8-21,23,27,30-31H,1-7H3. The molecule has 0 saturated heterocycles. The minimum absolute atomic E-state index is 0.0980. The molecule has 0 amide bonds. The van der Waals surface area contributed by atoms with Crippen molar-refractivity contribution in [1.29, 1.82) is 0 Å². The van der Waals surface area contributed by atoms with Crippen LogP contribution in [0.1, 0.15) is 44.4 Å². The summed E-state index contributed by atoms with van der Waals surface area (Å²) in [5.74, 6) is 0. The van der Waals surface area contributed by atoms with Crippen molar-refractivity contribution < 1.29 is 18.0 Å². The van der Waals surface area contributed by atoms with E-state index >= 15 is 0 Å². The fraction of sp³-hybridized carbons (Fsp3) is 0.379. The van der Waals surface area contributed by atoms with Crippen LogP contribution in [0.15, 0.2) is 89.8 Å². The molecule has 0 aliphatic rings. The third-order valence-corrected chi connectivity index (χ3v) is 13.3. The molecule has 3 aromatic carbocycles. The number of sulfonamides is 1. The molecule has 194 valence electrons. The summed E-state index contributed by atoms with van der Waals surface area (Å²) >= 11 is 0. The molecule has 0 aliphatic carbocycles. The van der Waals surface area contributed by atoms with Crippen LogP contribution in [0.5, 0.6) is 0 Å². The lowest BCUT2D eigenvalue weighted by Gasteiger charge is -2.45. The molecule has 0 saturated carbocycles. The van der Waals surface area contributed by atoms with Crippen molar-refractivity contribution in [3.63, 3.8) is 0 Å². The fourth-order valence-electron chi connectivity index (χ4n) is 4.09. The summed E-state index contributed by atoms with van der Waals surface area (Å²) < 4.78 is 36.9. The number of benzene rings is 3. The molecule has 5 nitrogen and oxygen atoms in total. The van der Waals surface area contributed by atoms with Crippen LogP contribution in [-0.2, 0) is 20.1 Å². The quantitative estimate of drug-likeness (QED) is 0.337. The van der Waals surface area contributed by atoms with Gasteiger partial charge in [0.1, 0.15) is 5.60 Å². The third kappa shape index (κ3) is 5.98. The maximum Gasteiger partial charge on any atom is 0.241 e. The van der Waals surface area contributed by atoms with Crippen LogP contribution >= 0.6 is 0 Å². The van der Waals surface area contributed by atoms with Gasteiger partial charge in [-0.25, -0.2) is 13.1 Å². The van der Waals surface area contributed by atoms with Crippen molar-refractivity contribution in [2.75, 3.05) is 0 Å². The largest absolute Gasteiger partial charge is 0.412 e. The van der Waals surface area contributed by atoms with Gasteiger partial charge in [0, 0.05) is 0 Å². The molecule has 2 N–H and O–H groups in total. The summed E-state index contributed by atoms with van der Waals surface area (Å²) in [6.45, 7) is 14.4. The lowest BCUT2D eigenvalue weighted by Crippen LogP contribution is -2.59. The van der Waals surface area contributed by atoms with E-state index in [1.807, 2.05) is 74.5 Å². The summed E-state index contributed by atoms with van der Waals surface area (Å²) in [7, 11) is -6.31. The van der Waals surface area contributed by atoms with Gasteiger partial charge in [-0.15, -0.1) is 0 Å². The first kappa shape index (κ1) is 28.3. The van der Waals surface area contributed by atoms with E-state index in [0.717, 1.165) is 5.56 Å². The molecular weight excluding hydrogens is 486 g/mol. The average molecular weight is 526 g/mol. The van der Waals surface area contributed by atoms with E-state index < -0.39 is 36.1 Å². The van der Waals surface area contributed by atoms with Crippen LogP contribution in [0.4, 0.5) is 0 Å². The molecule has 36 heavy (non-hydrogen) atoms. The molecule has 0 spiro atoms. The molecule has 2 atom stereocenters. The van der Waals surface area contributed by atoms with E-state index in [4.69, 9.17) is 4.43 Å². The Morgan fingerprint density at radius 2 is 1.28 bits per heavy atom. The maximum atomic E-state index is 13.7. The van der Waals surface area contributed by atoms with E-state index in [2.05, 4.69) is 38.6 Å². The molecule has 0 radical (unpaired) electrons. The van der Waals surface area contributed by atoms with Crippen LogP contribution in [0.3, 0.4) is 0 Å². The second kappa shape index (κ2) is 10.6. The van der Waals surface area contributed by atoms with Crippen molar-refractivity contribution in [3.8, 4) is 0 Å². The molecule has 0 bridgehead atoms. The zero-order chi connectivity index (χ0) is 26.8. The van der Waals surface area contributed by atoms with E-state index in [1.54, 1.807) is 24.3 Å². The van der Waals surface area contributed by atoms with Crippen molar-refractivity contribution in [1.82, 2.24) is 4.72 Å². The molecule has 0 heterocycles. The zero-order valence-electron chi connectivity index (χ0n) is 22.3. The Bertz CT molecular complexity index is 1200. The summed E-state index contributed by atoms with van der Waals surface area (Å²) in [5, 5.41) is 12.4. The minimum Gasteiger partial charge on any atom is -0.412 e. The zero-order valence-corrected chi connectivity index (χ0v) is 24.1. The highest BCUT2D eigenvalue weighted by Crippen LogP contribution is 2.41. The molecule has 0 aromatic heterocycles. The van der Waals surface area contributed by atoms with Gasteiger partial charge in [0.15, 0.2) is 8.32 Å². The normalized spacial score (nSPS) is 14.9. The summed E-state index contributed by atoms with van der Waals surface area (Å²) in [5.41, 5.74) is 0.435. The third-order valence-electron chi connectivity index (χ3n) is 7.25. The first-order valence-corrected chi connectivity index (χ1v) is 16.7. The number of hydrogen-bond acceptors (Lipinski definition) is 4. The molecule has 0 aliphatic heterocycles. The van der Waals surface area contributed by atoms with Crippen LogP contribution in [0.25, 0.3) is 0 Å². The molecule has 3 rings (SSSR count). The Balaban J connectivity index is 2.20. The molecule has 0 fully saturated rings. The number of nitrogens with one attached hydrogen (secondary N) is 1. The molecule has 2 unspecified atom stereocenters. The average Bonchev–Trinajstić information content (AvgIpc) is 2.82. The lowest BCUT2D eigenvalue weighted by atomic mass is 9.78. The summed E-state index contributed by atoms with van der Waals surface area (Å²) in [6, 6.07) is 24.1. The van der Waals surface area contributed by atoms with Gasteiger partial charge in [-0.2, -0.15) is 0 Å². The SMILES string of the molecule is Cc1ccc(S(=O)(=O)NC(C(C)O[Si](C)(C)C(C)(C)C)C(O)(c2ccccc2)c2ccccc2)cc1. The number of rotatable bonds is 9. The number of aryl methyl sites for hydroxylation is 1. The smallest absolute Gasteiger partial charge is 0.241 e. The molecule has 3 aromatic rings. The highest BCUT2D eigenvalue weighted by atomic mass is 32.2. The van der Waals surface area contributed by atoms with E-state index in [0.29, 0.717) is 11.1 Å². The predicted molar refractivity (Wildman–Crippen MR) is 149 cm³/mol. The fourth-order valence-corrected chi connectivity index (χ4v) is 6.84. The summed E-state index contributed by atoms with van der Waals surface area (Å²) in [6.07, 6.45) is -0.642. The Morgan fingerprint density at radius 1 is 0.833 bits per heavy atom. The first-order valence-electron chi connectivity index (χ1n) is 12.3. The first-order chi connectivity index (χ1) is 16.7. The van der Waals surface area contributed by atoms with Crippen LogP contribution < -0.4 is 4.72 Å². The van der Waals surface area contributed by atoms with Gasteiger partial charge in [-0.05, 0) is 55.2 Å². The highest BCUT2D eigenvalue weighted by Gasteiger charge is 2.48. The van der Waals surface area contributed by atoms with Crippen molar-refractivity contribution in [2.45, 2.75) is 75.4 Å². The second-order valence-electron chi connectivity index (χ2n) is 11.0. The van der Waals surface area contributed by atoms with Crippen LogP contribution in [0.2, 0.25) is 18.1 Å². The van der Waals surface area contributed by atoms with E-state index in [1.165, 1.54) is 0 Å². The number of hydrogen-bond donors (Lipinski definition) is 2. The Kier molecular flexibility index (Phi) is 8.32. The van der Waals surface area contributed by atoms with Gasteiger partial charge in [0.25, 0.3) is 0 Å². The molecule has 7 heteroatoms. The van der Waals surface area contributed by atoms with Gasteiger partial charge in [0.05, 0.1) is 17.0 Å². The van der Waals surface area contributed by atoms with E-state index in [9.17, 15) is 13.5 Å². The van der Waals surface area contributed by atoms with Gasteiger partial charge in [0.2, 0.25) is 10.0 Å². The minimum atomic E-state index is -3.99. The second-order valence-corrected chi connectivity index (χ2v) is 17.5. The topological polar surface area (TPSA) is 75.6 Å². The van der Waals surface area contributed by atoms with Crippen molar-refractivity contribution in [3.05, 3.63) is 102 Å². The van der Waals surface area contributed by atoms with Crippen LogP contribution in [-0.4, -0.2) is 34.0 Å². The van der Waals surface area contributed by atoms with Gasteiger partial charge in [-0.1, -0.05) is 99.1 Å². The van der Waals surface area contributed by atoms with Crippen molar-refractivity contribution >= 4 is 18.3 Å². The number of aliphatic hydroxyl groups is 1. The van der Waals surface area contributed by atoms with Gasteiger partial charge >= 0.3 is 0 Å². The Hall–Kier alpha value is -2.29. The Labute approximate surface area is 217 Å². The summed E-state index contributed by atoms with van der Waals surface area (Å²) in [4.78, 5) is 0.140. The van der Waals surface area contributed by atoms with E-state index in [-0.39, 0.29) is 9.93 Å². The maximum absolute atomic E-state index is 13.7.